The Labute approximate surface area is 110 Å². The van der Waals surface area contributed by atoms with Gasteiger partial charge < -0.3 is 20.3 Å². The summed E-state index contributed by atoms with van der Waals surface area (Å²) >= 11 is 0. The van der Waals surface area contributed by atoms with Crippen molar-refractivity contribution in [3.8, 4) is 0 Å². The summed E-state index contributed by atoms with van der Waals surface area (Å²) < 4.78 is 5.82. The third kappa shape index (κ3) is 3.92. The number of nitrogens with one attached hydrogen (secondary N) is 1. The molecule has 0 spiro atoms. The van der Waals surface area contributed by atoms with E-state index in [4.69, 9.17) is 9.84 Å². The number of hydrogen-bond donors (Lipinski definition) is 3. The Morgan fingerprint density at radius 3 is 2.67 bits per heavy atom. The number of rotatable bonds is 7. The molecule has 0 aliphatic heterocycles. The van der Waals surface area contributed by atoms with E-state index in [1.54, 1.807) is 0 Å². The van der Waals surface area contributed by atoms with Gasteiger partial charge in [-0.2, -0.15) is 0 Å². The second-order valence-corrected chi connectivity index (χ2v) is 6.11. The lowest BCUT2D eigenvalue weighted by Crippen LogP contribution is -2.42. The predicted octanol–water partition coefficient (Wildman–Crippen LogP) is 1.06. The molecule has 0 bridgehead atoms. The first-order valence-corrected chi connectivity index (χ1v) is 7.31. The van der Waals surface area contributed by atoms with Gasteiger partial charge in [0.2, 0.25) is 0 Å². The summed E-state index contributed by atoms with van der Waals surface area (Å²) in [5.41, 5.74) is -0.0981. The van der Waals surface area contributed by atoms with Gasteiger partial charge in [-0.05, 0) is 31.6 Å². The molecule has 0 heterocycles. The average Bonchev–Trinajstić information content (AvgIpc) is 3.16. The van der Waals surface area contributed by atoms with Crippen LogP contribution in [0.15, 0.2) is 0 Å². The normalized spacial score (nSPS) is 32.2. The van der Waals surface area contributed by atoms with Crippen molar-refractivity contribution < 1.29 is 14.9 Å². The zero-order valence-electron chi connectivity index (χ0n) is 11.4. The van der Waals surface area contributed by atoms with Gasteiger partial charge in [0.25, 0.3) is 0 Å². The first-order valence-electron chi connectivity index (χ1n) is 7.31. The summed E-state index contributed by atoms with van der Waals surface area (Å²) in [6, 6.07) is 0. The van der Waals surface area contributed by atoms with Crippen LogP contribution < -0.4 is 5.32 Å². The van der Waals surface area contributed by atoms with Crippen LogP contribution in [0.5, 0.6) is 0 Å². The molecule has 0 aromatic carbocycles. The lowest BCUT2D eigenvalue weighted by Gasteiger charge is -2.29. The van der Waals surface area contributed by atoms with Gasteiger partial charge in [-0.3, -0.25) is 0 Å². The Bertz CT molecular complexity index is 255. The van der Waals surface area contributed by atoms with Crippen molar-refractivity contribution >= 4 is 0 Å². The number of ether oxygens (including phenoxy) is 1. The molecule has 0 amide bonds. The number of hydrogen-bond acceptors (Lipinski definition) is 4. The van der Waals surface area contributed by atoms with E-state index in [-0.39, 0.29) is 12.1 Å². The minimum absolute atomic E-state index is 0.0981. The summed E-state index contributed by atoms with van der Waals surface area (Å²) in [6.45, 7) is 3.32. The topological polar surface area (TPSA) is 61.7 Å². The van der Waals surface area contributed by atoms with E-state index in [0.717, 1.165) is 19.3 Å². The SMILES string of the molecule is CC1CCCCC1OCC(O)CNC1(CO)CC1. The van der Waals surface area contributed by atoms with Gasteiger partial charge in [-0.15, -0.1) is 0 Å². The van der Waals surface area contributed by atoms with Crippen molar-refractivity contribution in [2.45, 2.75) is 63.2 Å². The van der Waals surface area contributed by atoms with Crippen LogP contribution in [0.1, 0.15) is 45.4 Å². The van der Waals surface area contributed by atoms with E-state index in [1.165, 1.54) is 19.3 Å². The third-order valence-electron chi connectivity index (χ3n) is 4.40. The predicted molar refractivity (Wildman–Crippen MR) is 70.4 cm³/mol. The fourth-order valence-corrected chi connectivity index (χ4v) is 2.70. The molecule has 18 heavy (non-hydrogen) atoms. The van der Waals surface area contributed by atoms with Crippen molar-refractivity contribution in [2.24, 2.45) is 5.92 Å². The van der Waals surface area contributed by atoms with E-state index in [9.17, 15) is 5.11 Å². The van der Waals surface area contributed by atoms with Gasteiger partial charge in [-0.25, -0.2) is 0 Å². The average molecular weight is 257 g/mol. The van der Waals surface area contributed by atoms with Crippen molar-refractivity contribution in [1.82, 2.24) is 5.32 Å². The highest BCUT2D eigenvalue weighted by atomic mass is 16.5. The zero-order chi connectivity index (χ0) is 13.0. The number of aliphatic hydroxyl groups is 2. The van der Waals surface area contributed by atoms with Crippen LogP contribution in [0.3, 0.4) is 0 Å². The Balaban J connectivity index is 1.60. The molecule has 4 heteroatoms. The molecular weight excluding hydrogens is 230 g/mol. The highest BCUT2D eigenvalue weighted by molar-refractivity contribution is 5.01. The fraction of sp³-hybridized carbons (Fsp3) is 1.00. The van der Waals surface area contributed by atoms with Crippen LogP contribution in [0, 0.1) is 5.92 Å². The standard InChI is InChI=1S/C14H27NO3/c1-11-4-2-3-5-13(11)18-9-12(17)8-15-14(10-16)6-7-14/h11-13,15-17H,2-10H2,1H3. The summed E-state index contributed by atoms with van der Waals surface area (Å²) in [4.78, 5) is 0. The molecule has 106 valence electrons. The van der Waals surface area contributed by atoms with Gasteiger partial charge in [0.15, 0.2) is 0 Å². The van der Waals surface area contributed by atoms with E-state index in [1.807, 2.05) is 0 Å². The summed E-state index contributed by atoms with van der Waals surface area (Å²) in [5, 5.41) is 22.3. The second-order valence-electron chi connectivity index (χ2n) is 6.11. The zero-order valence-corrected chi connectivity index (χ0v) is 11.4. The van der Waals surface area contributed by atoms with Gasteiger partial charge in [0.05, 0.1) is 25.4 Å². The van der Waals surface area contributed by atoms with E-state index in [0.29, 0.717) is 25.2 Å². The Morgan fingerprint density at radius 2 is 2.06 bits per heavy atom. The minimum Gasteiger partial charge on any atom is -0.394 e. The fourth-order valence-electron chi connectivity index (χ4n) is 2.70. The van der Waals surface area contributed by atoms with Gasteiger partial charge in [0, 0.05) is 12.1 Å². The van der Waals surface area contributed by atoms with Crippen molar-refractivity contribution in [1.29, 1.82) is 0 Å². The van der Waals surface area contributed by atoms with Crippen molar-refractivity contribution in [2.75, 3.05) is 19.8 Å². The molecule has 2 aliphatic rings. The quantitative estimate of drug-likeness (QED) is 0.638. The summed E-state index contributed by atoms with van der Waals surface area (Å²) in [5.74, 6) is 0.617. The molecule has 0 aromatic heterocycles. The molecule has 3 N–H and O–H groups in total. The van der Waals surface area contributed by atoms with Crippen LogP contribution in [-0.2, 0) is 4.74 Å². The Hall–Kier alpha value is -0.160. The first-order chi connectivity index (χ1) is 8.65. The monoisotopic (exact) mass is 257 g/mol. The number of β-amino-alcohol motifs (C(OH)–C–C–N with tert-alkyl or cyclic N) is 1. The van der Waals surface area contributed by atoms with Crippen LogP contribution in [0.4, 0.5) is 0 Å². The molecule has 2 rings (SSSR count). The Morgan fingerprint density at radius 1 is 1.33 bits per heavy atom. The van der Waals surface area contributed by atoms with Gasteiger partial charge in [0.1, 0.15) is 0 Å². The minimum atomic E-state index is -0.469. The third-order valence-corrected chi connectivity index (χ3v) is 4.40. The molecule has 0 radical (unpaired) electrons. The molecule has 0 saturated heterocycles. The molecule has 4 nitrogen and oxygen atoms in total. The maximum absolute atomic E-state index is 9.88. The lowest BCUT2D eigenvalue weighted by atomic mass is 9.88. The highest BCUT2D eigenvalue weighted by Gasteiger charge is 2.41. The second kappa shape index (κ2) is 6.33. The van der Waals surface area contributed by atoms with E-state index in [2.05, 4.69) is 12.2 Å². The number of aliphatic hydroxyl groups excluding tert-OH is 2. The van der Waals surface area contributed by atoms with Crippen LogP contribution in [0.2, 0.25) is 0 Å². The smallest absolute Gasteiger partial charge is 0.0898 e. The maximum atomic E-state index is 9.88. The molecule has 2 saturated carbocycles. The van der Waals surface area contributed by atoms with Crippen LogP contribution in [-0.4, -0.2) is 47.7 Å². The molecular formula is C14H27NO3. The van der Waals surface area contributed by atoms with Crippen LogP contribution in [0.25, 0.3) is 0 Å². The first kappa shape index (κ1) is 14.3. The van der Waals surface area contributed by atoms with E-state index < -0.39 is 6.10 Å². The maximum Gasteiger partial charge on any atom is 0.0898 e. The molecule has 2 fully saturated rings. The summed E-state index contributed by atoms with van der Waals surface area (Å²) in [7, 11) is 0. The lowest BCUT2D eigenvalue weighted by molar-refractivity contribution is -0.0461. The van der Waals surface area contributed by atoms with Gasteiger partial charge >= 0.3 is 0 Å². The highest BCUT2D eigenvalue weighted by Crippen LogP contribution is 2.34. The van der Waals surface area contributed by atoms with E-state index >= 15 is 0 Å². The summed E-state index contributed by atoms with van der Waals surface area (Å²) in [6.07, 6.45) is 6.80. The molecule has 3 atom stereocenters. The van der Waals surface area contributed by atoms with Crippen molar-refractivity contribution in [3.05, 3.63) is 0 Å². The Kier molecular flexibility index (Phi) is 5.01. The molecule has 0 aromatic rings. The molecule has 3 unspecified atom stereocenters. The van der Waals surface area contributed by atoms with Crippen molar-refractivity contribution in [3.63, 3.8) is 0 Å². The van der Waals surface area contributed by atoms with Crippen LogP contribution >= 0.6 is 0 Å². The largest absolute Gasteiger partial charge is 0.394 e. The molecule has 2 aliphatic carbocycles. The van der Waals surface area contributed by atoms with Gasteiger partial charge in [-0.1, -0.05) is 19.8 Å².